The molecule has 9 heteroatoms. The van der Waals surface area contributed by atoms with Crippen molar-refractivity contribution in [2.75, 3.05) is 6.54 Å². The van der Waals surface area contributed by atoms with Crippen LogP contribution in [0.4, 0.5) is 0 Å². The van der Waals surface area contributed by atoms with Crippen molar-refractivity contribution in [2.45, 2.75) is 43.9 Å². The third-order valence-electron chi connectivity index (χ3n) is 5.35. The molecule has 0 aliphatic carbocycles. The molecule has 1 heterocycles. The maximum atomic E-state index is 13.2. The molecule has 3 atom stereocenters. The molecule has 1 aliphatic heterocycles. The summed E-state index contributed by atoms with van der Waals surface area (Å²) < 4.78 is 33.0. The Morgan fingerprint density at radius 1 is 1.20 bits per heavy atom. The second kappa shape index (κ2) is 9.13. The monoisotopic (exact) mass is 434 g/mol. The first kappa shape index (κ1) is 22.2. The number of aliphatic hydroxyl groups is 1. The van der Waals surface area contributed by atoms with E-state index in [1.165, 1.54) is 17.6 Å². The number of benzene rings is 2. The van der Waals surface area contributed by atoms with Crippen molar-refractivity contribution in [2.24, 2.45) is 5.92 Å². The SMILES string of the molecule is Cc1ccccc1COc1ccc(S(=O)(=O)N2CC(O)CC(C)[C@@H]2C(=O)NO)cc1. The number of piperidine rings is 1. The van der Waals surface area contributed by atoms with Gasteiger partial charge in [0.05, 0.1) is 11.0 Å². The largest absolute Gasteiger partial charge is 0.489 e. The topological polar surface area (TPSA) is 116 Å². The van der Waals surface area contributed by atoms with Gasteiger partial charge in [-0.2, -0.15) is 4.31 Å². The van der Waals surface area contributed by atoms with E-state index in [1.54, 1.807) is 19.1 Å². The average molecular weight is 435 g/mol. The van der Waals surface area contributed by atoms with E-state index in [1.807, 2.05) is 31.2 Å². The molecule has 3 N–H and O–H groups in total. The Hall–Kier alpha value is -2.46. The van der Waals surface area contributed by atoms with Crippen molar-refractivity contribution < 1.29 is 28.3 Å². The van der Waals surface area contributed by atoms with E-state index in [0.717, 1.165) is 15.4 Å². The highest BCUT2D eigenvalue weighted by Gasteiger charge is 2.44. The zero-order valence-corrected chi connectivity index (χ0v) is 17.7. The van der Waals surface area contributed by atoms with Crippen LogP contribution in [0.1, 0.15) is 24.5 Å². The third kappa shape index (κ3) is 4.65. The van der Waals surface area contributed by atoms with Gasteiger partial charge in [0.25, 0.3) is 5.91 Å². The summed E-state index contributed by atoms with van der Waals surface area (Å²) in [5, 5.41) is 19.1. The fraction of sp³-hybridized carbons (Fsp3) is 0.381. The van der Waals surface area contributed by atoms with Crippen molar-refractivity contribution in [3.63, 3.8) is 0 Å². The number of β-amino-alcohol motifs (C(OH)–C–C–N with tert-alkyl or cyclic N) is 1. The summed E-state index contributed by atoms with van der Waals surface area (Å²) in [6.45, 7) is 3.78. The zero-order valence-electron chi connectivity index (χ0n) is 16.9. The summed E-state index contributed by atoms with van der Waals surface area (Å²) in [6, 6.07) is 12.6. The molecule has 30 heavy (non-hydrogen) atoms. The number of aryl methyl sites for hydroxylation is 1. The minimum absolute atomic E-state index is 0.0252. The fourth-order valence-corrected chi connectivity index (χ4v) is 5.44. The summed E-state index contributed by atoms with van der Waals surface area (Å²) in [5.41, 5.74) is 3.66. The first-order chi connectivity index (χ1) is 14.2. The first-order valence-corrected chi connectivity index (χ1v) is 11.1. The van der Waals surface area contributed by atoms with Crippen LogP contribution in [0.2, 0.25) is 0 Å². The number of hydroxylamine groups is 1. The number of hydrogen-bond acceptors (Lipinski definition) is 6. The van der Waals surface area contributed by atoms with Gasteiger partial charge in [-0.3, -0.25) is 10.0 Å². The number of nitrogens with one attached hydrogen (secondary N) is 1. The van der Waals surface area contributed by atoms with Gasteiger partial charge in [0.1, 0.15) is 18.4 Å². The summed E-state index contributed by atoms with van der Waals surface area (Å²) in [5.74, 6) is -0.780. The maximum absolute atomic E-state index is 13.2. The number of nitrogens with zero attached hydrogens (tertiary/aromatic N) is 1. The lowest BCUT2D eigenvalue weighted by Gasteiger charge is -2.39. The molecular weight excluding hydrogens is 408 g/mol. The molecule has 0 saturated carbocycles. The van der Waals surface area contributed by atoms with Crippen LogP contribution in [0.15, 0.2) is 53.4 Å². The van der Waals surface area contributed by atoms with E-state index in [9.17, 15) is 18.3 Å². The van der Waals surface area contributed by atoms with Crippen LogP contribution >= 0.6 is 0 Å². The standard InChI is InChI=1S/C21H26N2O6S/c1-14-5-3-4-6-16(14)13-29-18-7-9-19(10-8-18)30(27,28)23-12-17(24)11-15(2)20(23)21(25)22-26/h3-10,15,17,20,24,26H,11-13H2,1-2H3,(H,22,25)/t15?,17?,20-/m1/s1. The van der Waals surface area contributed by atoms with Crippen molar-refractivity contribution in [3.05, 3.63) is 59.7 Å². The summed E-state index contributed by atoms with van der Waals surface area (Å²) in [6.07, 6.45) is -0.635. The molecule has 2 aromatic carbocycles. The van der Waals surface area contributed by atoms with Crippen LogP contribution < -0.4 is 10.2 Å². The number of rotatable bonds is 6. The Balaban J connectivity index is 1.79. The van der Waals surface area contributed by atoms with Crippen LogP contribution in [0.5, 0.6) is 5.75 Å². The minimum atomic E-state index is -4.08. The normalized spacial score (nSPS) is 22.5. The number of hydrogen-bond donors (Lipinski definition) is 3. The summed E-state index contributed by atoms with van der Waals surface area (Å²) in [7, 11) is -4.08. The molecule has 0 spiro atoms. The number of carbonyl (C=O) groups excluding carboxylic acids is 1. The zero-order chi connectivity index (χ0) is 21.9. The van der Waals surface area contributed by atoms with Gasteiger partial charge in [0, 0.05) is 6.54 Å². The second-order valence-corrected chi connectivity index (χ2v) is 9.44. The Morgan fingerprint density at radius 2 is 1.87 bits per heavy atom. The van der Waals surface area contributed by atoms with Crippen molar-refractivity contribution in [1.82, 2.24) is 9.79 Å². The number of carbonyl (C=O) groups is 1. The Bertz CT molecular complexity index is 993. The van der Waals surface area contributed by atoms with Crippen LogP contribution in [0.3, 0.4) is 0 Å². The Morgan fingerprint density at radius 3 is 2.50 bits per heavy atom. The minimum Gasteiger partial charge on any atom is -0.489 e. The van der Waals surface area contributed by atoms with Gasteiger partial charge in [-0.05, 0) is 54.7 Å². The maximum Gasteiger partial charge on any atom is 0.262 e. The lowest BCUT2D eigenvalue weighted by atomic mass is 9.91. The molecule has 1 aliphatic rings. The quantitative estimate of drug-likeness (QED) is 0.472. The van der Waals surface area contributed by atoms with Gasteiger partial charge in [-0.15, -0.1) is 0 Å². The van der Waals surface area contributed by atoms with E-state index in [4.69, 9.17) is 9.94 Å². The van der Waals surface area contributed by atoms with Crippen LogP contribution in [-0.2, 0) is 21.4 Å². The van der Waals surface area contributed by atoms with Gasteiger partial charge in [0.15, 0.2) is 0 Å². The molecule has 2 aromatic rings. The highest BCUT2D eigenvalue weighted by Crippen LogP contribution is 2.30. The molecule has 3 rings (SSSR count). The number of ether oxygens (including phenoxy) is 1. The second-order valence-electron chi connectivity index (χ2n) is 7.55. The number of sulfonamides is 1. The lowest BCUT2D eigenvalue weighted by molar-refractivity contribution is -0.137. The summed E-state index contributed by atoms with van der Waals surface area (Å²) in [4.78, 5) is 12.1. The van der Waals surface area contributed by atoms with E-state index < -0.39 is 34.0 Å². The predicted octanol–water partition coefficient (Wildman–Crippen LogP) is 1.84. The molecule has 1 fully saturated rings. The van der Waals surface area contributed by atoms with Gasteiger partial charge in [0.2, 0.25) is 10.0 Å². The van der Waals surface area contributed by atoms with Gasteiger partial charge < -0.3 is 9.84 Å². The molecule has 1 saturated heterocycles. The Labute approximate surface area is 176 Å². The highest BCUT2D eigenvalue weighted by molar-refractivity contribution is 7.89. The number of amides is 1. The lowest BCUT2D eigenvalue weighted by Crippen LogP contribution is -2.58. The van der Waals surface area contributed by atoms with Crippen molar-refractivity contribution in [1.29, 1.82) is 0 Å². The van der Waals surface area contributed by atoms with Crippen LogP contribution in [0, 0.1) is 12.8 Å². The molecule has 0 bridgehead atoms. The first-order valence-electron chi connectivity index (χ1n) is 9.65. The van der Waals surface area contributed by atoms with Crippen molar-refractivity contribution in [3.8, 4) is 5.75 Å². The van der Waals surface area contributed by atoms with Gasteiger partial charge in [-0.1, -0.05) is 31.2 Å². The smallest absolute Gasteiger partial charge is 0.262 e. The molecule has 2 unspecified atom stereocenters. The van der Waals surface area contributed by atoms with E-state index in [2.05, 4.69) is 0 Å². The van der Waals surface area contributed by atoms with Gasteiger partial charge >= 0.3 is 0 Å². The molecule has 1 amide bonds. The fourth-order valence-electron chi connectivity index (χ4n) is 3.72. The van der Waals surface area contributed by atoms with Gasteiger partial charge in [-0.25, -0.2) is 13.9 Å². The van der Waals surface area contributed by atoms with Crippen LogP contribution in [-0.4, -0.2) is 47.6 Å². The number of aliphatic hydroxyl groups excluding tert-OH is 1. The van der Waals surface area contributed by atoms with E-state index in [-0.39, 0.29) is 17.9 Å². The van der Waals surface area contributed by atoms with Crippen LogP contribution in [0.25, 0.3) is 0 Å². The third-order valence-corrected chi connectivity index (χ3v) is 7.21. The van der Waals surface area contributed by atoms with E-state index >= 15 is 0 Å². The van der Waals surface area contributed by atoms with E-state index in [0.29, 0.717) is 12.4 Å². The predicted molar refractivity (Wildman–Crippen MR) is 109 cm³/mol. The Kier molecular flexibility index (Phi) is 6.77. The molecule has 162 valence electrons. The summed E-state index contributed by atoms with van der Waals surface area (Å²) >= 11 is 0. The van der Waals surface area contributed by atoms with Crippen molar-refractivity contribution >= 4 is 15.9 Å². The molecule has 0 aromatic heterocycles. The average Bonchev–Trinajstić information content (AvgIpc) is 2.72. The highest BCUT2D eigenvalue weighted by atomic mass is 32.2. The molecule has 8 nitrogen and oxygen atoms in total. The molecule has 0 radical (unpaired) electrons. The molecular formula is C21H26N2O6S.